The molecule has 1 saturated heterocycles. The lowest BCUT2D eigenvalue weighted by Crippen LogP contribution is -2.46. The fraction of sp³-hybridized carbons (Fsp3) is 0.588. The van der Waals surface area contributed by atoms with Crippen molar-refractivity contribution in [3.63, 3.8) is 0 Å². The van der Waals surface area contributed by atoms with Crippen molar-refractivity contribution < 1.29 is 13.2 Å². The number of amides is 1. The van der Waals surface area contributed by atoms with Gasteiger partial charge >= 0.3 is 0 Å². The van der Waals surface area contributed by atoms with Gasteiger partial charge in [0.25, 0.3) is 0 Å². The predicted octanol–water partition coefficient (Wildman–Crippen LogP) is 1.83. The highest BCUT2D eigenvalue weighted by Crippen LogP contribution is 2.30. The van der Waals surface area contributed by atoms with Crippen molar-refractivity contribution in [3.8, 4) is 0 Å². The van der Waals surface area contributed by atoms with Gasteiger partial charge in [-0.3, -0.25) is 4.79 Å². The van der Waals surface area contributed by atoms with Crippen molar-refractivity contribution in [1.29, 1.82) is 0 Å². The average Bonchev–Trinajstić information content (AvgIpc) is 2.53. The number of anilines is 1. The van der Waals surface area contributed by atoms with Gasteiger partial charge in [0.15, 0.2) is 0 Å². The molecule has 2 heterocycles. The van der Waals surface area contributed by atoms with Crippen LogP contribution in [0.3, 0.4) is 0 Å². The monoisotopic (exact) mass is 387 g/mol. The topological polar surface area (TPSA) is 78.5 Å². The number of fused-ring (bicyclic) bond motifs is 1. The van der Waals surface area contributed by atoms with E-state index in [0.29, 0.717) is 12.6 Å². The molecule has 0 saturated carbocycles. The molecule has 2 unspecified atom stereocenters. The van der Waals surface area contributed by atoms with Crippen LogP contribution in [0, 0.1) is 0 Å². The molecule has 140 valence electrons. The molecule has 0 bridgehead atoms. The second-order valence-electron chi connectivity index (χ2n) is 6.76. The maximum absolute atomic E-state index is 12.7. The molecule has 0 radical (unpaired) electrons. The van der Waals surface area contributed by atoms with Gasteiger partial charge in [-0.15, -0.1) is 12.4 Å². The number of aryl methyl sites for hydroxylation is 1. The Balaban J connectivity index is 0.00000225. The number of benzene rings is 1. The summed E-state index contributed by atoms with van der Waals surface area (Å²) in [4.78, 5) is 13.7. The van der Waals surface area contributed by atoms with E-state index in [0.717, 1.165) is 43.5 Å². The molecular weight excluding hydrogens is 362 g/mol. The van der Waals surface area contributed by atoms with E-state index in [1.807, 2.05) is 6.07 Å². The smallest absolute Gasteiger partial charge is 0.240 e. The summed E-state index contributed by atoms with van der Waals surface area (Å²) < 4.78 is 28.3. The van der Waals surface area contributed by atoms with Crippen molar-refractivity contribution in [2.75, 3.05) is 18.0 Å². The normalized spacial score (nSPS) is 23.5. The van der Waals surface area contributed by atoms with Crippen molar-refractivity contribution in [3.05, 3.63) is 23.8 Å². The van der Waals surface area contributed by atoms with E-state index < -0.39 is 10.0 Å². The number of piperidine rings is 1. The van der Waals surface area contributed by atoms with Gasteiger partial charge in [-0.05, 0) is 56.8 Å². The quantitative estimate of drug-likeness (QED) is 0.829. The first-order chi connectivity index (χ1) is 11.4. The molecule has 2 N–H and O–H groups in total. The summed E-state index contributed by atoms with van der Waals surface area (Å²) >= 11 is 0. The predicted molar refractivity (Wildman–Crippen MR) is 101 cm³/mol. The number of hydrogen-bond donors (Lipinski definition) is 2. The van der Waals surface area contributed by atoms with Crippen LogP contribution in [-0.2, 0) is 21.2 Å². The number of halogens is 1. The standard InChI is InChI=1S/C17H25N3O3S.ClH/c1-12-10-15(7-8-18-12)19-24(22,23)16-6-5-14-4-3-9-20(13(2)21)17(14)11-16;/h5-6,11-12,15,18-19H,3-4,7-10H2,1-2H3;1H. The number of nitrogens with one attached hydrogen (secondary N) is 2. The third-order valence-electron chi connectivity index (χ3n) is 4.81. The molecule has 1 fully saturated rings. The molecule has 3 rings (SSSR count). The maximum Gasteiger partial charge on any atom is 0.240 e. The number of rotatable bonds is 3. The third kappa shape index (κ3) is 4.53. The summed E-state index contributed by atoms with van der Waals surface area (Å²) in [6.07, 6.45) is 3.35. The van der Waals surface area contributed by atoms with Crippen LogP contribution < -0.4 is 14.9 Å². The van der Waals surface area contributed by atoms with E-state index in [1.54, 1.807) is 17.0 Å². The van der Waals surface area contributed by atoms with E-state index in [2.05, 4.69) is 17.0 Å². The molecule has 0 aromatic heterocycles. The molecule has 2 aliphatic rings. The Kier molecular flexibility index (Phi) is 6.48. The zero-order valence-electron chi connectivity index (χ0n) is 14.6. The van der Waals surface area contributed by atoms with Crippen molar-refractivity contribution in [2.45, 2.75) is 56.5 Å². The highest BCUT2D eigenvalue weighted by atomic mass is 35.5. The Hall–Kier alpha value is -1.15. The lowest BCUT2D eigenvalue weighted by molar-refractivity contribution is -0.116. The maximum atomic E-state index is 12.7. The van der Waals surface area contributed by atoms with Gasteiger partial charge in [0.2, 0.25) is 15.9 Å². The molecule has 0 spiro atoms. The zero-order chi connectivity index (χ0) is 17.3. The highest BCUT2D eigenvalue weighted by molar-refractivity contribution is 7.89. The molecule has 1 amide bonds. The Morgan fingerprint density at radius 3 is 2.80 bits per heavy atom. The molecule has 6 nitrogen and oxygen atoms in total. The minimum absolute atomic E-state index is 0. The Morgan fingerprint density at radius 1 is 1.36 bits per heavy atom. The summed E-state index contributed by atoms with van der Waals surface area (Å²) in [5, 5.41) is 3.32. The first kappa shape index (κ1) is 20.2. The van der Waals surface area contributed by atoms with Crippen LogP contribution in [0.5, 0.6) is 0 Å². The fourth-order valence-electron chi connectivity index (χ4n) is 3.58. The molecule has 2 aliphatic heterocycles. The number of hydrogen-bond acceptors (Lipinski definition) is 4. The van der Waals surface area contributed by atoms with Gasteiger partial charge in [-0.25, -0.2) is 13.1 Å². The number of nitrogens with zero attached hydrogens (tertiary/aromatic N) is 1. The number of carbonyl (C=O) groups is 1. The molecule has 2 atom stereocenters. The van der Waals surface area contributed by atoms with Crippen LogP contribution in [0.4, 0.5) is 5.69 Å². The Bertz CT molecular complexity index is 739. The van der Waals surface area contributed by atoms with Crippen LogP contribution in [0.25, 0.3) is 0 Å². The Morgan fingerprint density at radius 2 is 2.12 bits per heavy atom. The largest absolute Gasteiger partial charge is 0.314 e. The summed E-state index contributed by atoms with van der Waals surface area (Å²) in [5.41, 5.74) is 1.76. The average molecular weight is 388 g/mol. The summed E-state index contributed by atoms with van der Waals surface area (Å²) in [6, 6.07) is 5.39. The minimum Gasteiger partial charge on any atom is -0.314 e. The second-order valence-corrected chi connectivity index (χ2v) is 8.48. The number of sulfonamides is 1. The summed E-state index contributed by atoms with van der Waals surface area (Å²) in [7, 11) is -3.58. The molecule has 1 aromatic carbocycles. The molecule has 25 heavy (non-hydrogen) atoms. The van der Waals surface area contributed by atoms with Gasteiger partial charge < -0.3 is 10.2 Å². The molecule has 1 aromatic rings. The van der Waals surface area contributed by atoms with Crippen LogP contribution in [0.2, 0.25) is 0 Å². The van der Waals surface area contributed by atoms with Crippen LogP contribution in [-0.4, -0.2) is 39.5 Å². The van der Waals surface area contributed by atoms with Crippen molar-refractivity contribution >= 4 is 34.0 Å². The van der Waals surface area contributed by atoms with Crippen LogP contribution in [0.1, 0.15) is 38.7 Å². The molecule has 8 heteroatoms. The summed E-state index contributed by atoms with van der Waals surface area (Å²) in [5.74, 6) is -0.0503. The highest BCUT2D eigenvalue weighted by Gasteiger charge is 2.27. The van der Waals surface area contributed by atoms with Gasteiger partial charge in [-0.1, -0.05) is 6.07 Å². The minimum atomic E-state index is -3.58. The zero-order valence-corrected chi connectivity index (χ0v) is 16.3. The lowest BCUT2D eigenvalue weighted by atomic mass is 10.0. The van der Waals surface area contributed by atoms with E-state index >= 15 is 0 Å². The first-order valence-corrected chi connectivity index (χ1v) is 10.0. The fourth-order valence-corrected chi connectivity index (χ4v) is 4.88. The van der Waals surface area contributed by atoms with Gasteiger partial charge in [0.05, 0.1) is 4.90 Å². The third-order valence-corrected chi connectivity index (χ3v) is 6.33. The van der Waals surface area contributed by atoms with E-state index in [9.17, 15) is 13.2 Å². The van der Waals surface area contributed by atoms with Crippen molar-refractivity contribution in [2.24, 2.45) is 0 Å². The van der Waals surface area contributed by atoms with Gasteiger partial charge in [0, 0.05) is 31.2 Å². The molecular formula is C17H26ClN3O3S. The SMILES string of the molecule is CC(=O)N1CCCc2ccc(S(=O)(=O)NC3CCNC(C)C3)cc21.Cl. The van der Waals surface area contributed by atoms with E-state index in [1.165, 1.54) is 6.92 Å². The number of carbonyl (C=O) groups excluding carboxylic acids is 1. The van der Waals surface area contributed by atoms with E-state index in [4.69, 9.17) is 0 Å². The van der Waals surface area contributed by atoms with Crippen molar-refractivity contribution in [1.82, 2.24) is 10.0 Å². The summed E-state index contributed by atoms with van der Waals surface area (Å²) in [6.45, 7) is 5.04. The Labute approximate surface area is 155 Å². The van der Waals surface area contributed by atoms with Crippen LogP contribution in [0.15, 0.2) is 23.1 Å². The van der Waals surface area contributed by atoms with Gasteiger partial charge in [0.1, 0.15) is 0 Å². The molecule has 0 aliphatic carbocycles. The van der Waals surface area contributed by atoms with Crippen LogP contribution >= 0.6 is 12.4 Å². The van der Waals surface area contributed by atoms with Gasteiger partial charge in [-0.2, -0.15) is 0 Å². The second kappa shape index (κ2) is 8.03. The van der Waals surface area contributed by atoms with E-state index in [-0.39, 0.29) is 29.3 Å². The first-order valence-electron chi connectivity index (χ1n) is 8.53. The lowest BCUT2D eigenvalue weighted by Gasteiger charge is -2.30.